The Hall–Kier alpha value is -3.43. The third-order valence-corrected chi connectivity index (χ3v) is 4.88. The smallest absolute Gasteiger partial charge is 0.257 e. The highest BCUT2D eigenvalue weighted by Crippen LogP contribution is 2.18. The normalized spacial score (nSPS) is 10.4. The molecule has 5 nitrogen and oxygen atoms in total. The Morgan fingerprint density at radius 2 is 2.07 bits per heavy atom. The van der Waals surface area contributed by atoms with E-state index in [2.05, 4.69) is 27.2 Å². The standard InChI is InChI=1S/C21H16N4OS/c1-14-19-12-16(13-22-20(19)25(2)24-14)21(26)23-17-6-3-5-15(11-17)8-9-18-7-4-10-27-18/h3-7,10-13H,1-2H3,(H,23,26). The predicted molar refractivity (Wildman–Crippen MR) is 108 cm³/mol. The molecule has 3 aromatic heterocycles. The molecule has 4 aromatic rings. The van der Waals surface area contributed by atoms with Gasteiger partial charge >= 0.3 is 0 Å². The van der Waals surface area contributed by atoms with Gasteiger partial charge in [0, 0.05) is 29.9 Å². The summed E-state index contributed by atoms with van der Waals surface area (Å²) in [7, 11) is 1.84. The number of rotatable bonds is 2. The van der Waals surface area contributed by atoms with Gasteiger partial charge in [-0.25, -0.2) is 4.98 Å². The number of benzene rings is 1. The molecule has 0 aliphatic heterocycles. The summed E-state index contributed by atoms with van der Waals surface area (Å²) in [6.07, 6.45) is 1.57. The molecule has 0 atom stereocenters. The molecule has 6 heteroatoms. The van der Waals surface area contributed by atoms with Crippen LogP contribution in [0.4, 0.5) is 5.69 Å². The topological polar surface area (TPSA) is 59.8 Å². The number of fused-ring (bicyclic) bond motifs is 1. The van der Waals surface area contributed by atoms with Gasteiger partial charge in [-0.15, -0.1) is 11.3 Å². The van der Waals surface area contributed by atoms with Crippen molar-refractivity contribution >= 4 is 34.0 Å². The van der Waals surface area contributed by atoms with Crippen molar-refractivity contribution in [2.24, 2.45) is 7.05 Å². The number of hydrogen-bond acceptors (Lipinski definition) is 4. The minimum absolute atomic E-state index is 0.212. The fraction of sp³-hybridized carbons (Fsp3) is 0.0952. The minimum atomic E-state index is -0.212. The maximum Gasteiger partial charge on any atom is 0.257 e. The van der Waals surface area contributed by atoms with Crippen LogP contribution in [0.1, 0.15) is 26.5 Å². The number of pyridine rings is 1. The van der Waals surface area contributed by atoms with Gasteiger partial charge in [0.15, 0.2) is 5.65 Å². The molecular formula is C21H16N4OS. The largest absolute Gasteiger partial charge is 0.322 e. The number of hydrogen-bond donors (Lipinski definition) is 1. The first-order valence-corrected chi connectivity index (χ1v) is 9.24. The van der Waals surface area contributed by atoms with Crippen LogP contribution in [0, 0.1) is 18.8 Å². The lowest BCUT2D eigenvalue weighted by molar-refractivity contribution is 0.102. The van der Waals surface area contributed by atoms with Crippen LogP contribution in [0.15, 0.2) is 54.0 Å². The van der Waals surface area contributed by atoms with Gasteiger partial charge < -0.3 is 5.32 Å². The van der Waals surface area contributed by atoms with Crippen LogP contribution in [-0.4, -0.2) is 20.7 Å². The molecule has 0 radical (unpaired) electrons. The lowest BCUT2D eigenvalue weighted by atomic mass is 10.1. The molecule has 0 saturated heterocycles. The van der Waals surface area contributed by atoms with E-state index < -0.39 is 0 Å². The van der Waals surface area contributed by atoms with E-state index in [-0.39, 0.29) is 5.91 Å². The highest BCUT2D eigenvalue weighted by atomic mass is 32.1. The average Bonchev–Trinajstić information content (AvgIpc) is 3.28. The predicted octanol–water partition coefficient (Wildman–Crippen LogP) is 3.99. The van der Waals surface area contributed by atoms with E-state index >= 15 is 0 Å². The van der Waals surface area contributed by atoms with Gasteiger partial charge in [-0.05, 0) is 42.6 Å². The first-order chi connectivity index (χ1) is 13.1. The summed E-state index contributed by atoms with van der Waals surface area (Å²) in [4.78, 5) is 18.0. The number of nitrogens with zero attached hydrogens (tertiary/aromatic N) is 3. The van der Waals surface area contributed by atoms with Crippen molar-refractivity contribution in [1.29, 1.82) is 0 Å². The zero-order chi connectivity index (χ0) is 18.8. The summed E-state index contributed by atoms with van der Waals surface area (Å²) in [5.74, 6) is 6.03. The summed E-state index contributed by atoms with van der Waals surface area (Å²) >= 11 is 1.60. The summed E-state index contributed by atoms with van der Waals surface area (Å²) < 4.78 is 1.71. The molecule has 0 aliphatic carbocycles. The summed E-state index contributed by atoms with van der Waals surface area (Å²) in [6.45, 7) is 1.90. The molecule has 4 rings (SSSR count). The molecular weight excluding hydrogens is 356 g/mol. The highest BCUT2D eigenvalue weighted by molar-refractivity contribution is 7.10. The van der Waals surface area contributed by atoms with Crippen molar-refractivity contribution < 1.29 is 4.79 Å². The molecule has 0 fully saturated rings. The van der Waals surface area contributed by atoms with E-state index in [0.717, 1.165) is 27.2 Å². The number of anilines is 1. The lowest BCUT2D eigenvalue weighted by Crippen LogP contribution is -2.12. The first kappa shape index (κ1) is 17.0. The van der Waals surface area contributed by atoms with Crippen molar-refractivity contribution in [3.05, 3.63) is 75.7 Å². The Morgan fingerprint density at radius 3 is 2.89 bits per heavy atom. The second-order valence-corrected chi connectivity index (χ2v) is 7.01. The minimum Gasteiger partial charge on any atom is -0.322 e. The van der Waals surface area contributed by atoms with Gasteiger partial charge in [0.1, 0.15) is 0 Å². The van der Waals surface area contributed by atoms with Crippen LogP contribution >= 0.6 is 11.3 Å². The number of nitrogens with one attached hydrogen (secondary N) is 1. The van der Waals surface area contributed by atoms with Crippen molar-refractivity contribution in [1.82, 2.24) is 14.8 Å². The van der Waals surface area contributed by atoms with Crippen LogP contribution in [0.5, 0.6) is 0 Å². The third kappa shape index (κ3) is 3.59. The van der Waals surface area contributed by atoms with Crippen LogP contribution in [0.25, 0.3) is 11.0 Å². The highest BCUT2D eigenvalue weighted by Gasteiger charge is 2.12. The Balaban J connectivity index is 1.56. The molecule has 0 spiro atoms. The number of carbonyl (C=O) groups excluding carboxylic acids is 1. The van der Waals surface area contributed by atoms with Gasteiger partial charge in [0.05, 0.1) is 16.1 Å². The van der Waals surface area contributed by atoms with Crippen molar-refractivity contribution in [3.63, 3.8) is 0 Å². The Morgan fingerprint density at radius 1 is 1.19 bits per heavy atom. The van der Waals surface area contributed by atoms with E-state index in [9.17, 15) is 4.79 Å². The van der Waals surface area contributed by atoms with Crippen molar-refractivity contribution in [3.8, 4) is 11.8 Å². The Kier molecular flexibility index (Phi) is 4.45. The molecule has 0 unspecified atom stereocenters. The van der Waals surface area contributed by atoms with E-state index in [1.54, 1.807) is 22.2 Å². The van der Waals surface area contributed by atoms with E-state index in [4.69, 9.17) is 0 Å². The van der Waals surface area contributed by atoms with E-state index in [1.807, 2.05) is 61.8 Å². The molecule has 0 aliphatic rings. The number of amides is 1. The molecule has 132 valence electrons. The fourth-order valence-electron chi connectivity index (χ4n) is 2.79. The Bertz CT molecular complexity index is 1200. The average molecular weight is 372 g/mol. The molecule has 1 aromatic carbocycles. The quantitative estimate of drug-likeness (QED) is 0.541. The third-order valence-electron chi connectivity index (χ3n) is 4.10. The Labute approximate surface area is 160 Å². The zero-order valence-electron chi connectivity index (χ0n) is 14.9. The van der Waals surface area contributed by atoms with Crippen LogP contribution in [0.3, 0.4) is 0 Å². The molecule has 3 heterocycles. The van der Waals surface area contributed by atoms with Crippen LogP contribution < -0.4 is 5.32 Å². The number of aryl methyl sites for hydroxylation is 2. The number of thiophene rings is 1. The number of carbonyl (C=O) groups is 1. The zero-order valence-corrected chi connectivity index (χ0v) is 15.7. The summed E-state index contributed by atoms with van der Waals surface area (Å²) in [6, 6.07) is 13.3. The fourth-order valence-corrected chi connectivity index (χ4v) is 3.36. The van der Waals surface area contributed by atoms with Gasteiger partial charge in [0.25, 0.3) is 5.91 Å². The summed E-state index contributed by atoms with van der Waals surface area (Å²) in [5, 5.41) is 10.1. The van der Waals surface area contributed by atoms with Gasteiger partial charge in [-0.3, -0.25) is 9.48 Å². The molecule has 1 amide bonds. The molecule has 1 N–H and O–H groups in total. The summed E-state index contributed by atoms with van der Waals surface area (Å²) in [5.41, 5.74) is 3.64. The van der Waals surface area contributed by atoms with E-state index in [1.165, 1.54) is 0 Å². The van der Waals surface area contributed by atoms with Crippen LogP contribution in [0.2, 0.25) is 0 Å². The monoisotopic (exact) mass is 372 g/mol. The van der Waals surface area contributed by atoms with Gasteiger partial charge in [0.2, 0.25) is 0 Å². The lowest BCUT2D eigenvalue weighted by Gasteiger charge is -2.06. The first-order valence-electron chi connectivity index (χ1n) is 8.36. The van der Waals surface area contributed by atoms with Crippen LogP contribution in [-0.2, 0) is 7.05 Å². The second kappa shape index (κ2) is 7.06. The van der Waals surface area contributed by atoms with Crippen molar-refractivity contribution in [2.45, 2.75) is 6.92 Å². The van der Waals surface area contributed by atoms with Gasteiger partial charge in [-0.1, -0.05) is 24.0 Å². The second-order valence-electron chi connectivity index (χ2n) is 6.07. The van der Waals surface area contributed by atoms with Gasteiger partial charge in [-0.2, -0.15) is 5.10 Å². The van der Waals surface area contributed by atoms with E-state index in [0.29, 0.717) is 11.3 Å². The maximum absolute atomic E-state index is 12.6. The molecule has 27 heavy (non-hydrogen) atoms. The molecule has 0 bridgehead atoms. The number of aromatic nitrogens is 3. The molecule has 0 saturated carbocycles. The maximum atomic E-state index is 12.6. The van der Waals surface area contributed by atoms with Crippen molar-refractivity contribution in [2.75, 3.05) is 5.32 Å². The SMILES string of the molecule is Cc1nn(C)c2ncc(C(=O)Nc3cccc(C#Cc4cccs4)c3)cc12.